The Balaban J connectivity index is 2.00. The molecular weight excluding hydrogens is 262 g/mol. The Hall–Kier alpha value is -2.81. The van der Waals surface area contributed by atoms with Gasteiger partial charge in [-0.05, 0) is 35.4 Å². The van der Waals surface area contributed by atoms with Crippen molar-refractivity contribution in [1.29, 1.82) is 0 Å². The zero-order valence-corrected chi connectivity index (χ0v) is 11.7. The van der Waals surface area contributed by atoms with Crippen LogP contribution in [0.25, 0.3) is 22.4 Å². The molecule has 0 atom stereocenters. The summed E-state index contributed by atoms with van der Waals surface area (Å²) < 4.78 is 5.13. The van der Waals surface area contributed by atoms with Gasteiger partial charge in [0.2, 0.25) is 0 Å². The number of aromatic amines is 1. The molecule has 0 bridgehead atoms. The van der Waals surface area contributed by atoms with Gasteiger partial charge in [-0.2, -0.15) is 0 Å². The molecule has 0 amide bonds. The number of nitrogens with one attached hydrogen (secondary N) is 1. The van der Waals surface area contributed by atoms with Crippen molar-refractivity contribution in [1.82, 2.24) is 4.98 Å². The lowest BCUT2D eigenvalue weighted by Gasteiger charge is -2.05. The van der Waals surface area contributed by atoms with Gasteiger partial charge in [0.25, 0.3) is 5.56 Å². The van der Waals surface area contributed by atoms with Crippen molar-refractivity contribution in [3.8, 4) is 28.1 Å². The molecule has 3 rings (SSSR count). The maximum absolute atomic E-state index is 12.3. The first-order valence-electron chi connectivity index (χ1n) is 6.71. The van der Waals surface area contributed by atoms with Gasteiger partial charge in [-0.1, -0.05) is 42.5 Å². The van der Waals surface area contributed by atoms with Gasteiger partial charge in [0, 0.05) is 11.3 Å². The molecule has 0 saturated carbocycles. The third-order valence-corrected chi connectivity index (χ3v) is 3.40. The minimum atomic E-state index is -0.0958. The fourth-order valence-corrected chi connectivity index (χ4v) is 2.26. The number of methoxy groups -OCH3 is 1. The lowest BCUT2D eigenvalue weighted by atomic mass is 10.1. The minimum Gasteiger partial charge on any atom is -0.497 e. The second kappa shape index (κ2) is 5.67. The summed E-state index contributed by atoms with van der Waals surface area (Å²) in [5.41, 5.74) is 3.24. The molecule has 104 valence electrons. The van der Waals surface area contributed by atoms with E-state index in [1.807, 2.05) is 66.7 Å². The summed E-state index contributed by atoms with van der Waals surface area (Å²) in [5, 5.41) is 0. The Morgan fingerprint density at radius 1 is 0.810 bits per heavy atom. The van der Waals surface area contributed by atoms with Crippen LogP contribution in [-0.4, -0.2) is 12.1 Å². The molecular formula is C18H15NO2. The topological polar surface area (TPSA) is 42.1 Å². The van der Waals surface area contributed by atoms with E-state index in [0.29, 0.717) is 5.56 Å². The van der Waals surface area contributed by atoms with E-state index >= 15 is 0 Å². The second-order valence-electron chi connectivity index (χ2n) is 4.71. The Labute approximate surface area is 122 Å². The molecule has 3 heteroatoms. The molecule has 0 aliphatic rings. The van der Waals surface area contributed by atoms with Crippen molar-refractivity contribution < 1.29 is 4.74 Å². The van der Waals surface area contributed by atoms with E-state index in [1.165, 1.54) is 0 Å². The van der Waals surface area contributed by atoms with Crippen LogP contribution in [0.15, 0.2) is 71.5 Å². The molecule has 0 saturated heterocycles. The maximum atomic E-state index is 12.3. The van der Waals surface area contributed by atoms with Gasteiger partial charge in [-0.15, -0.1) is 0 Å². The number of H-pyrrole nitrogens is 1. The molecule has 2 aromatic carbocycles. The van der Waals surface area contributed by atoms with E-state index in [-0.39, 0.29) is 5.56 Å². The van der Waals surface area contributed by atoms with Crippen LogP contribution in [0.3, 0.4) is 0 Å². The highest BCUT2D eigenvalue weighted by Crippen LogP contribution is 2.21. The zero-order valence-electron chi connectivity index (χ0n) is 11.7. The molecule has 3 nitrogen and oxygen atoms in total. The number of aromatic nitrogens is 1. The third kappa shape index (κ3) is 2.72. The third-order valence-electron chi connectivity index (χ3n) is 3.40. The Morgan fingerprint density at radius 3 is 2.14 bits per heavy atom. The molecule has 21 heavy (non-hydrogen) atoms. The fourth-order valence-electron chi connectivity index (χ4n) is 2.26. The number of pyridine rings is 1. The summed E-state index contributed by atoms with van der Waals surface area (Å²) in [4.78, 5) is 15.2. The molecule has 0 unspecified atom stereocenters. The molecule has 1 aromatic heterocycles. The van der Waals surface area contributed by atoms with E-state index in [0.717, 1.165) is 22.6 Å². The van der Waals surface area contributed by atoms with Crippen molar-refractivity contribution >= 4 is 0 Å². The molecule has 3 aromatic rings. The molecule has 0 aliphatic carbocycles. The standard InChI is InChI=1S/C18H15NO2/c1-21-15-9-7-13(8-10-15)16-11-12-17(19-18(16)20)14-5-3-2-4-6-14/h2-12H,1H3,(H,19,20). The van der Waals surface area contributed by atoms with Crippen molar-refractivity contribution in [2.45, 2.75) is 0 Å². The lowest BCUT2D eigenvalue weighted by molar-refractivity contribution is 0.415. The summed E-state index contributed by atoms with van der Waals surface area (Å²) >= 11 is 0. The highest BCUT2D eigenvalue weighted by molar-refractivity contribution is 5.67. The van der Waals surface area contributed by atoms with Gasteiger partial charge in [-0.3, -0.25) is 4.79 Å². The average molecular weight is 277 g/mol. The van der Waals surface area contributed by atoms with Gasteiger partial charge in [0.15, 0.2) is 0 Å². The molecule has 0 radical (unpaired) electrons. The SMILES string of the molecule is COc1ccc(-c2ccc(-c3ccccc3)[nH]c2=O)cc1. The lowest BCUT2D eigenvalue weighted by Crippen LogP contribution is -2.09. The maximum Gasteiger partial charge on any atom is 0.256 e. The normalized spacial score (nSPS) is 10.3. The number of ether oxygens (including phenoxy) is 1. The van der Waals surface area contributed by atoms with Crippen molar-refractivity contribution in [3.05, 3.63) is 77.1 Å². The minimum absolute atomic E-state index is 0.0958. The van der Waals surface area contributed by atoms with Crippen molar-refractivity contribution in [2.75, 3.05) is 7.11 Å². The monoisotopic (exact) mass is 277 g/mol. The van der Waals surface area contributed by atoms with E-state index in [4.69, 9.17) is 4.74 Å². The summed E-state index contributed by atoms with van der Waals surface area (Å²) in [6.45, 7) is 0. The van der Waals surface area contributed by atoms with Crippen LogP contribution < -0.4 is 10.3 Å². The smallest absolute Gasteiger partial charge is 0.256 e. The molecule has 1 N–H and O–H groups in total. The van der Waals surface area contributed by atoms with Crippen molar-refractivity contribution in [2.24, 2.45) is 0 Å². The molecule has 0 fully saturated rings. The summed E-state index contributed by atoms with van der Waals surface area (Å²) in [7, 11) is 1.62. The average Bonchev–Trinajstić information content (AvgIpc) is 2.56. The fraction of sp³-hybridized carbons (Fsp3) is 0.0556. The Morgan fingerprint density at radius 2 is 1.52 bits per heavy atom. The van der Waals surface area contributed by atoms with Gasteiger partial charge in [-0.25, -0.2) is 0 Å². The quantitative estimate of drug-likeness (QED) is 0.792. The van der Waals surface area contributed by atoms with Gasteiger partial charge in [0.1, 0.15) is 5.75 Å². The van der Waals surface area contributed by atoms with Crippen LogP contribution >= 0.6 is 0 Å². The summed E-state index contributed by atoms with van der Waals surface area (Å²) in [6, 6.07) is 21.0. The number of rotatable bonds is 3. The van der Waals surface area contributed by atoms with E-state index < -0.39 is 0 Å². The largest absolute Gasteiger partial charge is 0.497 e. The van der Waals surface area contributed by atoms with Crippen LogP contribution in [-0.2, 0) is 0 Å². The first-order valence-corrected chi connectivity index (χ1v) is 6.71. The predicted molar refractivity (Wildman–Crippen MR) is 84.5 cm³/mol. The zero-order chi connectivity index (χ0) is 14.7. The molecule has 0 aliphatic heterocycles. The number of benzene rings is 2. The Bertz CT molecular complexity index is 789. The van der Waals surface area contributed by atoms with Crippen LogP contribution in [0, 0.1) is 0 Å². The molecule has 0 spiro atoms. The van der Waals surface area contributed by atoms with Gasteiger partial charge < -0.3 is 9.72 Å². The van der Waals surface area contributed by atoms with E-state index in [1.54, 1.807) is 7.11 Å². The first kappa shape index (κ1) is 13.2. The summed E-state index contributed by atoms with van der Waals surface area (Å²) in [5.74, 6) is 0.774. The predicted octanol–water partition coefficient (Wildman–Crippen LogP) is 3.72. The first-order chi connectivity index (χ1) is 10.3. The molecule has 1 heterocycles. The number of hydrogen-bond donors (Lipinski definition) is 1. The highest BCUT2D eigenvalue weighted by atomic mass is 16.5. The van der Waals surface area contributed by atoms with Crippen LogP contribution in [0.4, 0.5) is 0 Å². The van der Waals surface area contributed by atoms with E-state index in [2.05, 4.69) is 4.98 Å². The second-order valence-corrected chi connectivity index (χ2v) is 4.71. The van der Waals surface area contributed by atoms with E-state index in [9.17, 15) is 4.79 Å². The van der Waals surface area contributed by atoms with Gasteiger partial charge >= 0.3 is 0 Å². The summed E-state index contributed by atoms with van der Waals surface area (Å²) in [6.07, 6.45) is 0. The van der Waals surface area contributed by atoms with Crippen LogP contribution in [0.1, 0.15) is 0 Å². The van der Waals surface area contributed by atoms with Crippen LogP contribution in [0.2, 0.25) is 0 Å². The van der Waals surface area contributed by atoms with Gasteiger partial charge in [0.05, 0.1) is 7.11 Å². The van der Waals surface area contributed by atoms with Crippen LogP contribution in [0.5, 0.6) is 5.75 Å². The number of hydrogen-bond acceptors (Lipinski definition) is 2. The van der Waals surface area contributed by atoms with Crippen molar-refractivity contribution in [3.63, 3.8) is 0 Å². The Kier molecular flexibility index (Phi) is 3.56. The highest BCUT2D eigenvalue weighted by Gasteiger charge is 2.05.